The third-order valence-electron chi connectivity index (χ3n) is 1.89. The zero-order valence-electron chi connectivity index (χ0n) is 8.35. The van der Waals surface area contributed by atoms with Crippen molar-refractivity contribution in [1.29, 1.82) is 0 Å². The normalized spacial score (nSPS) is 9.93. The van der Waals surface area contributed by atoms with E-state index in [0.717, 1.165) is 5.06 Å². The fourth-order valence-electron chi connectivity index (χ4n) is 0.985. The molecular weight excluding hydrogens is 184 g/mol. The van der Waals surface area contributed by atoms with E-state index in [2.05, 4.69) is 0 Å². The van der Waals surface area contributed by atoms with Crippen LogP contribution in [0.4, 0.5) is 0 Å². The highest BCUT2D eigenvalue weighted by molar-refractivity contribution is 5.92. The van der Waals surface area contributed by atoms with Crippen molar-refractivity contribution in [2.45, 2.75) is 0 Å². The predicted octanol–water partition coefficient (Wildman–Crippen LogP) is 0.0187. The van der Waals surface area contributed by atoms with Gasteiger partial charge in [0.25, 0.3) is 5.91 Å². The van der Waals surface area contributed by atoms with Crippen LogP contribution in [0.5, 0.6) is 0 Å². The largest absolute Gasteiger partial charge is 0.318 e. The van der Waals surface area contributed by atoms with Crippen LogP contribution in [0.25, 0.3) is 0 Å². The van der Waals surface area contributed by atoms with E-state index >= 15 is 0 Å². The van der Waals surface area contributed by atoms with Crippen LogP contribution in [0.15, 0.2) is 23.1 Å². The fraction of sp³-hybridized carbons (Fsp3) is 0.333. The molecule has 0 aliphatic rings. The zero-order valence-corrected chi connectivity index (χ0v) is 8.35. The molecule has 0 spiro atoms. The Balaban J connectivity index is 3.03. The number of nitrogens with zero attached hydrogens (tertiary/aromatic N) is 2. The summed E-state index contributed by atoms with van der Waals surface area (Å²) in [6.45, 7) is 0. The number of hydroxylamine groups is 2. The summed E-state index contributed by atoms with van der Waals surface area (Å²) < 4.78 is 1.34. The Kier molecular flexibility index (Phi) is 3.03. The summed E-state index contributed by atoms with van der Waals surface area (Å²) >= 11 is 0. The zero-order chi connectivity index (χ0) is 10.7. The van der Waals surface area contributed by atoms with Gasteiger partial charge in [-0.2, -0.15) is 0 Å². The minimum atomic E-state index is -0.289. The number of carbonyl (C=O) groups is 1. The highest BCUT2D eigenvalue weighted by Crippen LogP contribution is 2.00. The number of aromatic nitrogens is 1. The van der Waals surface area contributed by atoms with Crippen molar-refractivity contribution in [1.82, 2.24) is 9.63 Å². The smallest absolute Gasteiger partial charge is 0.278 e. The second-order valence-electron chi connectivity index (χ2n) is 2.85. The van der Waals surface area contributed by atoms with Crippen LogP contribution in [-0.2, 0) is 11.9 Å². The first-order valence-corrected chi connectivity index (χ1v) is 4.05. The molecule has 1 heterocycles. The predicted molar refractivity (Wildman–Crippen MR) is 50.8 cm³/mol. The van der Waals surface area contributed by atoms with Gasteiger partial charge in [0.05, 0.1) is 12.7 Å². The molecule has 0 aromatic carbocycles. The van der Waals surface area contributed by atoms with Crippen LogP contribution in [-0.4, -0.2) is 29.7 Å². The van der Waals surface area contributed by atoms with Crippen molar-refractivity contribution in [3.05, 3.63) is 34.2 Å². The molecular formula is C9H12N2O3. The lowest BCUT2D eigenvalue weighted by molar-refractivity contribution is -0.0757. The summed E-state index contributed by atoms with van der Waals surface area (Å²) in [7, 11) is 4.50. The molecule has 0 saturated heterocycles. The Labute approximate surface area is 81.5 Å². The Hall–Kier alpha value is -1.62. The van der Waals surface area contributed by atoms with Crippen molar-refractivity contribution >= 4 is 5.91 Å². The van der Waals surface area contributed by atoms with Gasteiger partial charge in [-0.25, -0.2) is 5.06 Å². The molecule has 0 N–H and O–H groups in total. The van der Waals surface area contributed by atoms with Crippen molar-refractivity contribution in [2.75, 3.05) is 14.2 Å². The minimum absolute atomic E-state index is 0.151. The number of carbonyl (C=O) groups excluding carboxylic acids is 1. The van der Waals surface area contributed by atoms with E-state index in [-0.39, 0.29) is 11.5 Å². The quantitative estimate of drug-likeness (QED) is 0.626. The van der Waals surface area contributed by atoms with Gasteiger partial charge in [0.2, 0.25) is 5.56 Å². The maximum Gasteiger partial charge on any atom is 0.278 e. The number of hydrogen-bond donors (Lipinski definition) is 0. The number of amides is 1. The first kappa shape index (κ1) is 10.5. The molecule has 0 unspecified atom stereocenters. The molecule has 1 aromatic heterocycles. The first-order valence-electron chi connectivity index (χ1n) is 4.05. The maximum atomic E-state index is 11.5. The second-order valence-corrected chi connectivity index (χ2v) is 2.85. The van der Waals surface area contributed by atoms with Gasteiger partial charge >= 0.3 is 0 Å². The SMILES string of the molecule is CON(C)C(=O)c1ccc(=O)n(C)c1. The van der Waals surface area contributed by atoms with Gasteiger partial charge in [-0.15, -0.1) is 0 Å². The topological polar surface area (TPSA) is 51.5 Å². The molecule has 76 valence electrons. The average Bonchev–Trinajstić information content (AvgIpc) is 2.20. The Morgan fingerprint density at radius 1 is 1.50 bits per heavy atom. The monoisotopic (exact) mass is 196 g/mol. The Bertz CT molecular complexity index is 397. The average molecular weight is 196 g/mol. The number of rotatable bonds is 2. The van der Waals surface area contributed by atoms with Gasteiger partial charge in [-0.05, 0) is 6.07 Å². The first-order chi connectivity index (χ1) is 6.56. The van der Waals surface area contributed by atoms with Gasteiger partial charge in [0.15, 0.2) is 0 Å². The molecule has 1 rings (SSSR count). The van der Waals surface area contributed by atoms with E-state index < -0.39 is 0 Å². The van der Waals surface area contributed by atoms with E-state index in [1.54, 1.807) is 7.05 Å². The molecule has 14 heavy (non-hydrogen) atoms. The standard InChI is InChI=1S/C9H12N2O3/c1-10-6-7(4-5-8(10)12)9(13)11(2)14-3/h4-6H,1-3H3. The van der Waals surface area contributed by atoms with Crippen molar-refractivity contribution in [2.24, 2.45) is 7.05 Å². The number of hydrogen-bond acceptors (Lipinski definition) is 3. The molecule has 5 heteroatoms. The molecule has 1 aromatic rings. The molecule has 0 fully saturated rings. The highest BCUT2D eigenvalue weighted by Gasteiger charge is 2.11. The molecule has 0 bridgehead atoms. The van der Waals surface area contributed by atoms with E-state index in [4.69, 9.17) is 4.84 Å². The molecule has 0 atom stereocenters. The molecule has 0 aliphatic carbocycles. The van der Waals surface area contributed by atoms with E-state index in [0.29, 0.717) is 5.56 Å². The Morgan fingerprint density at radius 2 is 2.14 bits per heavy atom. The van der Waals surface area contributed by atoms with Crippen molar-refractivity contribution < 1.29 is 9.63 Å². The molecule has 0 radical (unpaired) electrons. The Morgan fingerprint density at radius 3 is 2.64 bits per heavy atom. The van der Waals surface area contributed by atoms with Crippen LogP contribution in [0.3, 0.4) is 0 Å². The minimum Gasteiger partial charge on any atom is -0.318 e. The van der Waals surface area contributed by atoms with Crippen LogP contribution in [0.1, 0.15) is 10.4 Å². The van der Waals surface area contributed by atoms with Gasteiger partial charge in [-0.1, -0.05) is 0 Å². The maximum absolute atomic E-state index is 11.5. The number of aryl methyl sites for hydroxylation is 1. The van der Waals surface area contributed by atoms with Crippen LogP contribution in [0, 0.1) is 0 Å². The summed E-state index contributed by atoms with van der Waals surface area (Å²) in [5.41, 5.74) is 0.262. The fourth-order valence-corrected chi connectivity index (χ4v) is 0.985. The van der Waals surface area contributed by atoms with E-state index in [1.165, 1.54) is 37.1 Å². The highest BCUT2D eigenvalue weighted by atomic mass is 16.7. The van der Waals surface area contributed by atoms with Crippen LogP contribution >= 0.6 is 0 Å². The number of pyridine rings is 1. The second kappa shape index (κ2) is 4.06. The molecule has 1 amide bonds. The molecule has 5 nitrogen and oxygen atoms in total. The lowest BCUT2D eigenvalue weighted by atomic mass is 10.2. The van der Waals surface area contributed by atoms with E-state index in [1.807, 2.05) is 0 Å². The van der Waals surface area contributed by atoms with Crippen molar-refractivity contribution in [3.8, 4) is 0 Å². The van der Waals surface area contributed by atoms with Gasteiger partial charge in [-0.3, -0.25) is 14.4 Å². The summed E-state index contributed by atoms with van der Waals surface area (Å²) in [6.07, 6.45) is 1.47. The lowest BCUT2D eigenvalue weighted by Gasteiger charge is -2.13. The summed E-state index contributed by atoms with van der Waals surface area (Å²) in [4.78, 5) is 27.3. The third-order valence-corrected chi connectivity index (χ3v) is 1.89. The lowest BCUT2D eigenvalue weighted by Crippen LogP contribution is -2.27. The van der Waals surface area contributed by atoms with Crippen molar-refractivity contribution in [3.63, 3.8) is 0 Å². The van der Waals surface area contributed by atoms with Gasteiger partial charge < -0.3 is 4.57 Å². The summed E-state index contributed by atoms with van der Waals surface area (Å²) in [5, 5.41) is 1.10. The summed E-state index contributed by atoms with van der Waals surface area (Å²) in [5.74, 6) is -0.289. The van der Waals surface area contributed by atoms with Gasteiger partial charge in [0, 0.05) is 26.4 Å². The summed E-state index contributed by atoms with van der Waals surface area (Å²) in [6, 6.07) is 2.82. The van der Waals surface area contributed by atoms with Crippen LogP contribution < -0.4 is 5.56 Å². The third kappa shape index (κ3) is 2.00. The van der Waals surface area contributed by atoms with Crippen LogP contribution in [0.2, 0.25) is 0 Å². The molecule has 0 saturated carbocycles. The van der Waals surface area contributed by atoms with Gasteiger partial charge in [0.1, 0.15) is 0 Å². The molecule has 0 aliphatic heterocycles. The van der Waals surface area contributed by atoms with E-state index in [9.17, 15) is 9.59 Å².